The van der Waals surface area contributed by atoms with Crippen LogP contribution in [0.2, 0.25) is 0 Å². The molecule has 0 amide bonds. The van der Waals surface area contributed by atoms with Crippen LogP contribution in [0.3, 0.4) is 0 Å². The minimum atomic E-state index is -3.29. The predicted octanol–water partition coefficient (Wildman–Crippen LogP) is -1.50. The molecule has 1 aromatic rings. The minimum absolute atomic E-state index is 0.119. The maximum atomic E-state index is 12.1. The van der Waals surface area contributed by atoms with Gasteiger partial charge < -0.3 is 14.2 Å². The van der Waals surface area contributed by atoms with E-state index in [9.17, 15) is 18.0 Å². The molecule has 2 fully saturated rings. The maximum absolute atomic E-state index is 12.1. The zero-order valence-electron chi connectivity index (χ0n) is 14.0. The van der Waals surface area contributed by atoms with Crippen LogP contribution < -0.4 is 11.2 Å². The summed E-state index contributed by atoms with van der Waals surface area (Å²) in [6, 6.07) is 1.21. The lowest BCUT2D eigenvalue weighted by molar-refractivity contribution is -0.0566. The number of ether oxygens (including phenoxy) is 3. The van der Waals surface area contributed by atoms with Gasteiger partial charge in [0.2, 0.25) is 10.0 Å². The summed E-state index contributed by atoms with van der Waals surface area (Å²) in [5.74, 6) is 0.119. The van der Waals surface area contributed by atoms with Gasteiger partial charge in [-0.25, -0.2) is 13.2 Å². The van der Waals surface area contributed by atoms with E-state index in [4.69, 9.17) is 14.2 Å². The molecular formula is C14H21N3O7S. The van der Waals surface area contributed by atoms with Crippen molar-refractivity contribution in [3.05, 3.63) is 33.1 Å². The number of aromatic nitrogens is 2. The van der Waals surface area contributed by atoms with Crippen molar-refractivity contribution in [1.82, 2.24) is 13.9 Å². The number of hydrogen-bond donors (Lipinski definition) is 1. The molecule has 2 aliphatic rings. The van der Waals surface area contributed by atoms with Gasteiger partial charge >= 0.3 is 5.69 Å². The first-order valence-electron chi connectivity index (χ1n) is 7.87. The highest BCUT2D eigenvalue weighted by Gasteiger charge is 2.48. The molecule has 0 aliphatic carbocycles. The molecule has 0 bridgehead atoms. The van der Waals surface area contributed by atoms with Crippen LogP contribution in [0.15, 0.2) is 21.9 Å². The van der Waals surface area contributed by atoms with Crippen molar-refractivity contribution in [2.24, 2.45) is 0 Å². The molecule has 3 heterocycles. The molecule has 11 heteroatoms. The Morgan fingerprint density at radius 1 is 1.28 bits per heavy atom. The van der Waals surface area contributed by atoms with Crippen molar-refractivity contribution in [1.29, 1.82) is 0 Å². The Kier molecular flexibility index (Phi) is 5.11. The molecule has 2 aliphatic heterocycles. The topological polar surface area (TPSA) is 120 Å². The van der Waals surface area contributed by atoms with Crippen LogP contribution in [0.5, 0.6) is 0 Å². The highest BCUT2D eigenvalue weighted by atomic mass is 32.2. The van der Waals surface area contributed by atoms with Gasteiger partial charge in [-0.15, -0.1) is 0 Å². The second-order valence-corrected chi connectivity index (χ2v) is 8.10. The third-order valence-corrected chi connectivity index (χ3v) is 6.46. The number of hydrogen-bond acceptors (Lipinski definition) is 7. The highest BCUT2D eigenvalue weighted by Crippen LogP contribution is 2.33. The third-order valence-electron chi connectivity index (χ3n) is 4.54. The second kappa shape index (κ2) is 7.00. The van der Waals surface area contributed by atoms with Crippen LogP contribution in [0.4, 0.5) is 0 Å². The van der Waals surface area contributed by atoms with Gasteiger partial charge in [-0.05, 0) is 6.42 Å². The second-order valence-electron chi connectivity index (χ2n) is 6.01. The monoisotopic (exact) mass is 375 g/mol. The van der Waals surface area contributed by atoms with Crippen LogP contribution in [-0.4, -0.2) is 73.6 Å². The molecule has 2 saturated heterocycles. The fraction of sp³-hybridized carbons (Fsp3) is 0.714. The summed E-state index contributed by atoms with van der Waals surface area (Å²) in [4.78, 5) is 25.5. The summed E-state index contributed by atoms with van der Waals surface area (Å²) >= 11 is 0. The molecule has 140 valence electrons. The van der Waals surface area contributed by atoms with Gasteiger partial charge in [-0.1, -0.05) is 0 Å². The molecule has 1 N–H and O–H groups in total. The van der Waals surface area contributed by atoms with E-state index in [1.807, 2.05) is 0 Å². The summed E-state index contributed by atoms with van der Waals surface area (Å²) in [6.07, 6.45) is -0.752. The third kappa shape index (κ3) is 3.42. The number of nitrogens with zero attached hydrogens (tertiary/aromatic N) is 2. The predicted molar refractivity (Wildman–Crippen MR) is 86.8 cm³/mol. The van der Waals surface area contributed by atoms with Gasteiger partial charge in [-0.2, -0.15) is 4.31 Å². The van der Waals surface area contributed by atoms with E-state index in [0.29, 0.717) is 13.0 Å². The molecule has 4 atom stereocenters. The number of sulfonamides is 1. The summed E-state index contributed by atoms with van der Waals surface area (Å²) < 4.78 is 43.5. The molecule has 0 radical (unpaired) electrons. The number of H-pyrrole nitrogens is 1. The minimum Gasteiger partial charge on any atom is -0.376 e. The lowest BCUT2D eigenvalue weighted by Gasteiger charge is -2.24. The molecule has 0 aromatic carbocycles. The van der Waals surface area contributed by atoms with E-state index in [2.05, 4.69) is 4.98 Å². The van der Waals surface area contributed by atoms with Crippen LogP contribution >= 0.6 is 0 Å². The normalized spacial score (nSPS) is 32.2. The van der Waals surface area contributed by atoms with Gasteiger partial charge in [-0.3, -0.25) is 14.3 Å². The van der Waals surface area contributed by atoms with E-state index in [1.54, 1.807) is 0 Å². The van der Waals surface area contributed by atoms with Gasteiger partial charge in [0.15, 0.2) is 6.23 Å². The van der Waals surface area contributed by atoms with Crippen LogP contribution in [0.1, 0.15) is 12.6 Å². The Balaban J connectivity index is 1.88. The molecular weight excluding hydrogens is 354 g/mol. The Labute approximate surface area is 144 Å². The molecule has 3 rings (SSSR count). The lowest BCUT2D eigenvalue weighted by atomic mass is 10.1. The molecule has 1 aromatic heterocycles. The first-order chi connectivity index (χ1) is 11.9. The summed E-state index contributed by atoms with van der Waals surface area (Å²) in [5, 5.41) is 0. The van der Waals surface area contributed by atoms with Crippen LogP contribution in [-0.2, 0) is 24.2 Å². The van der Waals surface area contributed by atoms with Crippen molar-refractivity contribution in [3.8, 4) is 0 Å². The first-order valence-corrected chi connectivity index (χ1v) is 9.48. The molecule has 25 heavy (non-hydrogen) atoms. The Morgan fingerprint density at radius 2 is 2.00 bits per heavy atom. The average molecular weight is 375 g/mol. The summed E-state index contributed by atoms with van der Waals surface area (Å²) in [6.45, 7) is 0.550. The number of nitrogens with one attached hydrogen (secondary N) is 1. The number of methoxy groups -OCH3 is 2. The van der Waals surface area contributed by atoms with E-state index in [0.717, 1.165) is 0 Å². The lowest BCUT2D eigenvalue weighted by Crippen LogP contribution is -2.42. The van der Waals surface area contributed by atoms with Gasteiger partial charge in [0.25, 0.3) is 5.56 Å². The molecule has 0 unspecified atom stereocenters. The Morgan fingerprint density at radius 3 is 2.56 bits per heavy atom. The van der Waals surface area contributed by atoms with Gasteiger partial charge in [0.05, 0.1) is 5.75 Å². The van der Waals surface area contributed by atoms with Crippen molar-refractivity contribution in [3.63, 3.8) is 0 Å². The molecule has 10 nitrogen and oxygen atoms in total. The highest BCUT2D eigenvalue weighted by molar-refractivity contribution is 7.89. The quantitative estimate of drug-likeness (QED) is 0.665. The smallest absolute Gasteiger partial charge is 0.330 e. The van der Waals surface area contributed by atoms with Gasteiger partial charge in [0, 0.05) is 39.6 Å². The standard InChI is InChI=1S/C14H21N3O7S/c1-22-11-9(8-16-5-3-7-25(16,20)21)24-13(12(11)23-2)17-6-4-10(18)15-14(17)19/h4,6,9,11-13H,3,5,7-8H2,1-2H3,(H,15,18,19)/t9-,11-,12-,13-/m1/s1. The van der Waals surface area contributed by atoms with Crippen molar-refractivity contribution < 1.29 is 22.6 Å². The van der Waals surface area contributed by atoms with E-state index in [1.165, 1.54) is 35.4 Å². The van der Waals surface area contributed by atoms with E-state index in [-0.39, 0.29) is 12.3 Å². The Bertz CT molecular complexity index is 833. The summed E-state index contributed by atoms with van der Waals surface area (Å²) in [5.41, 5.74) is -1.15. The largest absolute Gasteiger partial charge is 0.376 e. The van der Waals surface area contributed by atoms with Crippen LogP contribution in [0.25, 0.3) is 0 Å². The number of aromatic amines is 1. The Hall–Kier alpha value is -1.53. The summed E-state index contributed by atoms with van der Waals surface area (Å²) in [7, 11) is -0.353. The average Bonchev–Trinajstić information content (AvgIpc) is 3.07. The van der Waals surface area contributed by atoms with Crippen molar-refractivity contribution in [2.45, 2.75) is 31.0 Å². The zero-order valence-corrected chi connectivity index (χ0v) is 14.8. The van der Waals surface area contributed by atoms with Crippen molar-refractivity contribution >= 4 is 10.0 Å². The maximum Gasteiger partial charge on any atom is 0.330 e. The van der Waals surface area contributed by atoms with E-state index < -0.39 is 45.8 Å². The fourth-order valence-electron chi connectivity index (χ4n) is 3.34. The zero-order chi connectivity index (χ0) is 18.2. The fourth-order valence-corrected chi connectivity index (χ4v) is 4.87. The van der Waals surface area contributed by atoms with Gasteiger partial charge in [0.1, 0.15) is 18.3 Å². The first kappa shape index (κ1) is 18.3. The molecule has 0 spiro atoms. The molecule has 0 saturated carbocycles. The van der Waals surface area contributed by atoms with Crippen LogP contribution in [0, 0.1) is 0 Å². The van der Waals surface area contributed by atoms with Crippen molar-refractivity contribution in [2.75, 3.05) is 33.1 Å². The SMILES string of the molecule is CO[C@@H]1[C@H](OC)[C@@H](CN2CCCS2(=O)=O)O[C@H]1n1ccc(=O)[nH]c1=O. The van der Waals surface area contributed by atoms with E-state index >= 15 is 0 Å². The number of rotatable bonds is 5.